The molecule has 4 rings (SSSR count). The highest BCUT2D eigenvalue weighted by molar-refractivity contribution is 5.75. The second-order valence-electron chi connectivity index (χ2n) is 7.33. The lowest BCUT2D eigenvalue weighted by Crippen LogP contribution is -2.28. The largest absolute Gasteiger partial charge is 0.316 e. The van der Waals surface area contributed by atoms with Gasteiger partial charge in [0, 0.05) is 37.3 Å². The summed E-state index contributed by atoms with van der Waals surface area (Å²) < 4.78 is 1.99. The van der Waals surface area contributed by atoms with Gasteiger partial charge in [-0.3, -0.25) is 4.90 Å². The van der Waals surface area contributed by atoms with Crippen molar-refractivity contribution in [3.05, 3.63) is 24.0 Å². The van der Waals surface area contributed by atoms with E-state index in [0.29, 0.717) is 11.5 Å². The van der Waals surface area contributed by atoms with Gasteiger partial charge in [-0.05, 0) is 56.8 Å². The monoisotopic (exact) mass is 299 g/mol. The molecule has 5 heteroatoms. The molecule has 0 aliphatic carbocycles. The molecular weight excluding hydrogens is 274 g/mol. The number of likely N-dealkylation sites (tertiary alicyclic amines) is 1. The maximum Gasteiger partial charge on any atom is 0.157 e. The number of rotatable bonds is 3. The number of fused-ring (bicyclic) bond motifs is 1. The molecular formula is C17H25N5. The third kappa shape index (κ3) is 2.42. The van der Waals surface area contributed by atoms with Crippen LogP contribution in [0.1, 0.15) is 38.3 Å². The fourth-order valence-electron chi connectivity index (χ4n) is 4.01. The molecule has 0 aromatic carbocycles. The Morgan fingerprint density at radius 1 is 1.32 bits per heavy atom. The minimum Gasteiger partial charge on any atom is -0.316 e. The standard InChI is InChI=1S/C17H25N5/c1-13(2)22-16-15(9-20-22)7-14(8-19-16)10-21-6-4-17(12-21)3-5-18-11-17/h7-9,13,18H,3-6,10-12H2,1-2H3. The van der Waals surface area contributed by atoms with E-state index in [2.05, 4.69) is 40.2 Å². The summed E-state index contributed by atoms with van der Waals surface area (Å²) in [5, 5.41) is 9.14. The highest BCUT2D eigenvalue weighted by Crippen LogP contribution is 2.36. The number of hydrogen-bond donors (Lipinski definition) is 1. The van der Waals surface area contributed by atoms with E-state index in [1.54, 1.807) is 0 Å². The summed E-state index contributed by atoms with van der Waals surface area (Å²) in [4.78, 5) is 7.24. The maximum atomic E-state index is 4.65. The van der Waals surface area contributed by atoms with Crippen molar-refractivity contribution >= 4 is 11.0 Å². The topological polar surface area (TPSA) is 46.0 Å². The van der Waals surface area contributed by atoms with Gasteiger partial charge in [0.1, 0.15) is 0 Å². The first-order valence-electron chi connectivity index (χ1n) is 8.40. The van der Waals surface area contributed by atoms with Crippen molar-refractivity contribution in [2.45, 2.75) is 39.3 Å². The van der Waals surface area contributed by atoms with E-state index in [-0.39, 0.29) is 0 Å². The fourth-order valence-corrected chi connectivity index (χ4v) is 4.01. The molecule has 1 atom stereocenters. The van der Waals surface area contributed by atoms with Crippen LogP contribution in [0.3, 0.4) is 0 Å². The first-order chi connectivity index (χ1) is 10.7. The molecule has 0 amide bonds. The van der Waals surface area contributed by atoms with Crippen LogP contribution in [0, 0.1) is 5.41 Å². The molecule has 1 N–H and O–H groups in total. The van der Waals surface area contributed by atoms with Crippen molar-refractivity contribution in [1.82, 2.24) is 25.0 Å². The molecule has 1 spiro atoms. The molecule has 2 aromatic heterocycles. The molecule has 4 heterocycles. The number of nitrogens with one attached hydrogen (secondary N) is 1. The van der Waals surface area contributed by atoms with E-state index in [1.165, 1.54) is 44.6 Å². The zero-order valence-electron chi connectivity index (χ0n) is 13.5. The Morgan fingerprint density at radius 3 is 3.00 bits per heavy atom. The maximum absolute atomic E-state index is 4.65. The SMILES string of the molecule is CC(C)n1ncc2cc(CN3CCC4(CCNC4)C3)cnc21. The average Bonchev–Trinajstić information content (AvgIpc) is 3.20. The van der Waals surface area contributed by atoms with Crippen LogP contribution in [0.2, 0.25) is 0 Å². The van der Waals surface area contributed by atoms with Crippen LogP contribution >= 0.6 is 0 Å². The third-order valence-corrected chi connectivity index (χ3v) is 5.23. The van der Waals surface area contributed by atoms with Crippen molar-refractivity contribution in [1.29, 1.82) is 0 Å². The van der Waals surface area contributed by atoms with E-state index in [1.807, 2.05) is 17.1 Å². The van der Waals surface area contributed by atoms with Gasteiger partial charge in [-0.15, -0.1) is 0 Å². The van der Waals surface area contributed by atoms with Gasteiger partial charge in [-0.2, -0.15) is 5.10 Å². The van der Waals surface area contributed by atoms with Gasteiger partial charge in [0.05, 0.1) is 6.20 Å². The Morgan fingerprint density at radius 2 is 2.23 bits per heavy atom. The van der Waals surface area contributed by atoms with Crippen LogP contribution in [0.15, 0.2) is 18.5 Å². The molecule has 0 saturated carbocycles. The number of nitrogens with zero attached hydrogens (tertiary/aromatic N) is 4. The molecule has 0 radical (unpaired) electrons. The fraction of sp³-hybridized carbons (Fsp3) is 0.647. The smallest absolute Gasteiger partial charge is 0.157 e. The summed E-state index contributed by atoms with van der Waals surface area (Å²) in [6.07, 6.45) is 6.64. The van der Waals surface area contributed by atoms with E-state index in [4.69, 9.17) is 0 Å². The first kappa shape index (κ1) is 14.2. The molecule has 0 bridgehead atoms. The number of aromatic nitrogens is 3. The predicted octanol–water partition coefficient (Wildman–Crippen LogP) is 2.20. The normalized spacial score (nSPS) is 26.0. The first-order valence-corrected chi connectivity index (χ1v) is 8.40. The van der Waals surface area contributed by atoms with Crippen molar-refractivity contribution in [3.63, 3.8) is 0 Å². The molecule has 2 aliphatic rings. The van der Waals surface area contributed by atoms with Crippen molar-refractivity contribution in [2.75, 3.05) is 26.2 Å². The van der Waals surface area contributed by atoms with E-state index >= 15 is 0 Å². The summed E-state index contributed by atoms with van der Waals surface area (Å²) >= 11 is 0. The number of pyridine rings is 1. The molecule has 5 nitrogen and oxygen atoms in total. The van der Waals surface area contributed by atoms with E-state index in [0.717, 1.165) is 17.6 Å². The average molecular weight is 299 g/mol. The lowest BCUT2D eigenvalue weighted by Gasteiger charge is -2.22. The molecule has 2 aliphatic heterocycles. The second-order valence-corrected chi connectivity index (χ2v) is 7.33. The van der Waals surface area contributed by atoms with Crippen molar-refractivity contribution in [2.24, 2.45) is 5.41 Å². The Labute approximate surface area is 131 Å². The van der Waals surface area contributed by atoms with Gasteiger partial charge in [-0.1, -0.05) is 0 Å². The predicted molar refractivity (Wildman–Crippen MR) is 87.7 cm³/mol. The third-order valence-electron chi connectivity index (χ3n) is 5.23. The van der Waals surface area contributed by atoms with E-state index < -0.39 is 0 Å². The molecule has 118 valence electrons. The Kier molecular flexibility index (Phi) is 3.42. The summed E-state index contributed by atoms with van der Waals surface area (Å²) in [7, 11) is 0. The molecule has 2 saturated heterocycles. The van der Waals surface area contributed by atoms with Crippen LogP contribution < -0.4 is 5.32 Å². The van der Waals surface area contributed by atoms with E-state index in [9.17, 15) is 0 Å². The lowest BCUT2D eigenvalue weighted by molar-refractivity contribution is 0.268. The Hall–Kier alpha value is -1.46. The quantitative estimate of drug-likeness (QED) is 0.944. The van der Waals surface area contributed by atoms with Gasteiger partial charge in [-0.25, -0.2) is 9.67 Å². The van der Waals surface area contributed by atoms with Crippen molar-refractivity contribution < 1.29 is 0 Å². The van der Waals surface area contributed by atoms with Crippen LogP contribution in [0.4, 0.5) is 0 Å². The van der Waals surface area contributed by atoms with Crippen LogP contribution in [-0.2, 0) is 6.54 Å². The van der Waals surface area contributed by atoms with Crippen LogP contribution in [0.25, 0.3) is 11.0 Å². The highest BCUT2D eigenvalue weighted by Gasteiger charge is 2.40. The van der Waals surface area contributed by atoms with Gasteiger partial charge < -0.3 is 5.32 Å². The molecule has 1 unspecified atom stereocenters. The number of hydrogen-bond acceptors (Lipinski definition) is 4. The summed E-state index contributed by atoms with van der Waals surface area (Å²) in [6, 6.07) is 2.61. The highest BCUT2D eigenvalue weighted by atomic mass is 15.3. The van der Waals surface area contributed by atoms with Gasteiger partial charge >= 0.3 is 0 Å². The molecule has 2 fully saturated rings. The molecule has 22 heavy (non-hydrogen) atoms. The van der Waals surface area contributed by atoms with Gasteiger partial charge in [0.2, 0.25) is 0 Å². The second kappa shape index (κ2) is 5.32. The van der Waals surface area contributed by atoms with Gasteiger partial charge in [0.15, 0.2) is 5.65 Å². The van der Waals surface area contributed by atoms with Crippen LogP contribution in [0.5, 0.6) is 0 Å². The summed E-state index contributed by atoms with van der Waals surface area (Å²) in [5.41, 5.74) is 2.84. The summed E-state index contributed by atoms with van der Waals surface area (Å²) in [5.74, 6) is 0. The Balaban J connectivity index is 1.50. The molecule has 2 aromatic rings. The van der Waals surface area contributed by atoms with Crippen molar-refractivity contribution in [3.8, 4) is 0 Å². The Bertz CT molecular complexity index is 669. The lowest BCUT2D eigenvalue weighted by atomic mass is 9.87. The summed E-state index contributed by atoms with van der Waals surface area (Å²) in [6.45, 7) is 10.1. The zero-order valence-corrected chi connectivity index (χ0v) is 13.5. The van der Waals surface area contributed by atoms with Crippen LogP contribution in [-0.4, -0.2) is 45.8 Å². The minimum atomic E-state index is 0.351. The minimum absolute atomic E-state index is 0.351. The zero-order chi connectivity index (χ0) is 15.2. The van der Waals surface area contributed by atoms with Gasteiger partial charge in [0.25, 0.3) is 0 Å².